The summed E-state index contributed by atoms with van der Waals surface area (Å²) in [4.78, 5) is 14.0. The molecular weight excluding hydrogens is 312 g/mol. The number of primary amides is 1. The van der Waals surface area contributed by atoms with Crippen molar-refractivity contribution in [1.29, 1.82) is 0 Å². The molecule has 1 aliphatic carbocycles. The number of ether oxygens (including phenoxy) is 1. The van der Waals surface area contributed by atoms with E-state index in [0.717, 1.165) is 39.1 Å². The minimum atomic E-state index is -0.361. The van der Waals surface area contributed by atoms with Gasteiger partial charge < -0.3 is 15.4 Å². The van der Waals surface area contributed by atoms with Crippen LogP contribution in [0.5, 0.6) is 0 Å². The van der Waals surface area contributed by atoms with Gasteiger partial charge >= 0.3 is 0 Å². The van der Waals surface area contributed by atoms with E-state index in [1.807, 2.05) is 12.1 Å². The van der Waals surface area contributed by atoms with Gasteiger partial charge in [0.25, 0.3) is 0 Å². The van der Waals surface area contributed by atoms with Crippen molar-refractivity contribution < 1.29 is 9.53 Å². The van der Waals surface area contributed by atoms with Gasteiger partial charge in [0, 0.05) is 30.3 Å². The lowest BCUT2D eigenvalue weighted by Crippen LogP contribution is -2.37. The van der Waals surface area contributed by atoms with Crippen molar-refractivity contribution >= 4 is 11.6 Å². The molecule has 0 aromatic heterocycles. The zero-order chi connectivity index (χ0) is 17.2. The Morgan fingerprint density at radius 3 is 2.72 bits per heavy atom. The normalized spacial score (nSPS) is 20.2. The summed E-state index contributed by atoms with van der Waals surface area (Å²) in [7, 11) is 0. The van der Waals surface area contributed by atoms with E-state index in [0.29, 0.717) is 11.5 Å². The van der Waals surface area contributed by atoms with Crippen LogP contribution in [0.25, 0.3) is 0 Å². The number of carbonyl (C=O) groups is 1. The monoisotopic (exact) mass is 336 g/mol. The third kappa shape index (κ3) is 3.14. The fourth-order valence-electron chi connectivity index (χ4n) is 4.18. The van der Waals surface area contributed by atoms with Crippen molar-refractivity contribution in [3.63, 3.8) is 0 Å². The molecule has 0 bridgehead atoms. The first-order chi connectivity index (χ1) is 12.2. The van der Waals surface area contributed by atoms with E-state index in [-0.39, 0.29) is 5.91 Å². The van der Waals surface area contributed by atoms with Gasteiger partial charge in [-0.3, -0.25) is 4.79 Å². The van der Waals surface area contributed by atoms with Crippen LogP contribution in [0.3, 0.4) is 0 Å². The zero-order valence-electron chi connectivity index (χ0n) is 14.4. The smallest absolute Gasteiger partial charge is 0.248 e. The third-order valence-electron chi connectivity index (χ3n) is 5.41. The molecule has 2 aromatic rings. The molecule has 0 saturated carbocycles. The number of amides is 1. The van der Waals surface area contributed by atoms with Crippen LogP contribution >= 0.6 is 0 Å². The Bertz CT molecular complexity index is 781. The number of nitrogens with two attached hydrogens (primary N) is 1. The molecule has 1 aliphatic heterocycles. The highest BCUT2D eigenvalue weighted by Gasteiger charge is 2.26. The van der Waals surface area contributed by atoms with Crippen LogP contribution in [0.15, 0.2) is 42.5 Å². The van der Waals surface area contributed by atoms with Gasteiger partial charge in [0.2, 0.25) is 5.91 Å². The fourth-order valence-corrected chi connectivity index (χ4v) is 4.18. The van der Waals surface area contributed by atoms with Gasteiger partial charge in [-0.15, -0.1) is 0 Å². The van der Waals surface area contributed by atoms with E-state index in [9.17, 15) is 4.79 Å². The van der Waals surface area contributed by atoms with E-state index in [4.69, 9.17) is 10.5 Å². The number of benzene rings is 2. The Hall–Kier alpha value is -2.33. The number of anilines is 1. The Labute approximate surface area is 148 Å². The van der Waals surface area contributed by atoms with Crippen LogP contribution in [0, 0.1) is 0 Å². The molecule has 4 rings (SSSR count). The highest BCUT2D eigenvalue weighted by atomic mass is 16.5. The van der Waals surface area contributed by atoms with Crippen molar-refractivity contribution in [3.8, 4) is 0 Å². The van der Waals surface area contributed by atoms with Crippen molar-refractivity contribution in [2.45, 2.75) is 25.2 Å². The van der Waals surface area contributed by atoms with E-state index >= 15 is 0 Å². The standard InChI is InChI=1S/C21H24N2O2/c22-21(24)16-5-1-4-15(14-16)17-6-2-8-19-18(17)7-3-9-20(19)23-10-12-25-13-11-23/h1,3-5,7,9,14,17H,2,6,8,10-13H2,(H2,22,24). The minimum absolute atomic E-state index is 0.337. The summed E-state index contributed by atoms with van der Waals surface area (Å²) in [6.07, 6.45) is 3.40. The van der Waals surface area contributed by atoms with Crippen LogP contribution < -0.4 is 10.6 Å². The van der Waals surface area contributed by atoms with Gasteiger partial charge in [0.1, 0.15) is 0 Å². The second-order valence-corrected chi connectivity index (χ2v) is 6.88. The Morgan fingerprint density at radius 1 is 1.12 bits per heavy atom. The van der Waals surface area contributed by atoms with Crippen LogP contribution in [0.1, 0.15) is 45.8 Å². The first kappa shape index (κ1) is 16.2. The predicted octanol–water partition coefficient (Wildman–Crippen LogP) is 3.09. The van der Waals surface area contributed by atoms with Crippen LogP contribution in [0.2, 0.25) is 0 Å². The highest BCUT2D eigenvalue weighted by molar-refractivity contribution is 5.93. The summed E-state index contributed by atoms with van der Waals surface area (Å²) in [5.74, 6) is -0.0241. The van der Waals surface area contributed by atoms with Gasteiger partial charge in [-0.05, 0) is 54.2 Å². The number of rotatable bonds is 3. The van der Waals surface area contributed by atoms with Crippen LogP contribution in [0.4, 0.5) is 5.69 Å². The molecule has 25 heavy (non-hydrogen) atoms. The van der Waals surface area contributed by atoms with E-state index in [2.05, 4.69) is 29.2 Å². The summed E-state index contributed by atoms with van der Waals surface area (Å²) < 4.78 is 5.51. The number of hydrogen-bond acceptors (Lipinski definition) is 3. The predicted molar refractivity (Wildman–Crippen MR) is 99.2 cm³/mol. The Morgan fingerprint density at radius 2 is 1.92 bits per heavy atom. The quantitative estimate of drug-likeness (QED) is 0.937. The second-order valence-electron chi connectivity index (χ2n) is 6.88. The van der Waals surface area contributed by atoms with Crippen molar-refractivity contribution in [3.05, 3.63) is 64.7 Å². The van der Waals surface area contributed by atoms with E-state index in [1.165, 1.54) is 28.8 Å². The average Bonchev–Trinajstić information content (AvgIpc) is 2.68. The molecule has 0 spiro atoms. The molecule has 130 valence electrons. The SMILES string of the molecule is NC(=O)c1cccc(C2CCCc3c2cccc3N2CCOCC2)c1. The maximum atomic E-state index is 11.5. The van der Waals surface area contributed by atoms with E-state index < -0.39 is 0 Å². The van der Waals surface area contributed by atoms with Gasteiger partial charge in [-0.2, -0.15) is 0 Å². The number of hydrogen-bond donors (Lipinski definition) is 1. The number of fused-ring (bicyclic) bond motifs is 1. The largest absolute Gasteiger partial charge is 0.378 e. The molecule has 1 saturated heterocycles. The maximum Gasteiger partial charge on any atom is 0.248 e. The first-order valence-corrected chi connectivity index (χ1v) is 9.08. The molecule has 4 nitrogen and oxygen atoms in total. The van der Waals surface area contributed by atoms with E-state index in [1.54, 1.807) is 6.07 Å². The molecule has 1 fully saturated rings. The lowest BCUT2D eigenvalue weighted by atomic mass is 9.78. The number of carbonyl (C=O) groups excluding carboxylic acids is 1. The molecule has 2 aromatic carbocycles. The number of nitrogens with zero attached hydrogens (tertiary/aromatic N) is 1. The average molecular weight is 336 g/mol. The summed E-state index contributed by atoms with van der Waals surface area (Å²) in [5.41, 5.74) is 11.5. The number of morpholine rings is 1. The summed E-state index contributed by atoms with van der Waals surface area (Å²) in [5, 5.41) is 0. The van der Waals surface area contributed by atoms with Gasteiger partial charge in [-0.1, -0.05) is 24.3 Å². The van der Waals surface area contributed by atoms with Gasteiger partial charge in [0.05, 0.1) is 13.2 Å². The second kappa shape index (κ2) is 6.89. The zero-order valence-corrected chi connectivity index (χ0v) is 14.4. The molecule has 1 heterocycles. The molecule has 1 unspecified atom stereocenters. The first-order valence-electron chi connectivity index (χ1n) is 9.08. The Kier molecular flexibility index (Phi) is 4.45. The molecule has 2 aliphatic rings. The minimum Gasteiger partial charge on any atom is -0.378 e. The lowest BCUT2D eigenvalue weighted by Gasteiger charge is -2.34. The van der Waals surface area contributed by atoms with Crippen molar-refractivity contribution in [2.75, 3.05) is 31.2 Å². The molecule has 0 radical (unpaired) electrons. The van der Waals surface area contributed by atoms with Crippen LogP contribution in [-0.4, -0.2) is 32.2 Å². The highest BCUT2D eigenvalue weighted by Crippen LogP contribution is 2.40. The van der Waals surface area contributed by atoms with Gasteiger partial charge in [0.15, 0.2) is 0 Å². The van der Waals surface area contributed by atoms with Crippen molar-refractivity contribution in [2.24, 2.45) is 5.73 Å². The molecule has 4 heteroatoms. The maximum absolute atomic E-state index is 11.5. The lowest BCUT2D eigenvalue weighted by molar-refractivity contribution is 0.1000. The summed E-state index contributed by atoms with van der Waals surface area (Å²) >= 11 is 0. The fraction of sp³-hybridized carbons (Fsp3) is 0.381. The van der Waals surface area contributed by atoms with Crippen molar-refractivity contribution in [1.82, 2.24) is 0 Å². The Balaban J connectivity index is 1.73. The molecular formula is C21H24N2O2. The van der Waals surface area contributed by atoms with Crippen LogP contribution in [-0.2, 0) is 11.2 Å². The molecule has 2 N–H and O–H groups in total. The van der Waals surface area contributed by atoms with Gasteiger partial charge in [-0.25, -0.2) is 0 Å². The summed E-state index contributed by atoms with van der Waals surface area (Å²) in [6.45, 7) is 3.51. The molecule has 1 amide bonds. The molecule has 1 atom stereocenters. The third-order valence-corrected chi connectivity index (χ3v) is 5.41. The summed E-state index contributed by atoms with van der Waals surface area (Å²) in [6, 6.07) is 14.5. The topological polar surface area (TPSA) is 55.6 Å².